The van der Waals surface area contributed by atoms with E-state index in [0.29, 0.717) is 32.1 Å². The first-order valence-electron chi connectivity index (χ1n) is 8.30. The first-order chi connectivity index (χ1) is 13.4. The molecule has 2 aromatic rings. The number of benzene rings is 2. The van der Waals surface area contributed by atoms with Gasteiger partial charge in [-0.3, -0.25) is 14.5 Å². The summed E-state index contributed by atoms with van der Waals surface area (Å²) in [5.74, 6) is 0.919. The van der Waals surface area contributed by atoms with Crippen LogP contribution in [0, 0.1) is 0 Å². The van der Waals surface area contributed by atoms with Gasteiger partial charge in [-0.15, -0.1) is 0 Å². The molecule has 1 N–H and O–H groups in total. The van der Waals surface area contributed by atoms with Crippen molar-refractivity contribution < 1.29 is 19.1 Å². The number of hydrogen-bond donors (Lipinski definition) is 1. The van der Waals surface area contributed by atoms with Gasteiger partial charge < -0.3 is 14.8 Å². The highest BCUT2D eigenvalue weighted by atomic mass is 32.2. The van der Waals surface area contributed by atoms with Crippen molar-refractivity contribution in [3.05, 3.63) is 52.9 Å². The van der Waals surface area contributed by atoms with E-state index < -0.39 is 0 Å². The van der Waals surface area contributed by atoms with Gasteiger partial charge in [0.15, 0.2) is 4.32 Å². The fourth-order valence-electron chi connectivity index (χ4n) is 2.68. The smallest absolute Gasteiger partial charge is 0.270 e. The Bertz CT molecular complexity index is 971. The van der Waals surface area contributed by atoms with Crippen molar-refractivity contribution in [2.75, 3.05) is 24.4 Å². The molecule has 0 radical (unpaired) electrons. The van der Waals surface area contributed by atoms with Crippen molar-refractivity contribution >= 4 is 57.6 Å². The third kappa shape index (κ3) is 4.18. The van der Waals surface area contributed by atoms with Crippen LogP contribution in [0.15, 0.2) is 47.4 Å². The molecular formula is C20H18N2O4S2. The summed E-state index contributed by atoms with van der Waals surface area (Å²) >= 11 is 6.63. The molecule has 1 aliphatic heterocycles. The van der Waals surface area contributed by atoms with Crippen molar-refractivity contribution in [3.8, 4) is 11.5 Å². The Morgan fingerprint density at radius 2 is 1.86 bits per heavy atom. The Morgan fingerprint density at radius 1 is 1.14 bits per heavy atom. The largest absolute Gasteiger partial charge is 0.497 e. The van der Waals surface area contributed by atoms with Gasteiger partial charge in [0.25, 0.3) is 5.91 Å². The van der Waals surface area contributed by atoms with Crippen LogP contribution >= 0.6 is 24.0 Å². The molecule has 6 nitrogen and oxygen atoms in total. The van der Waals surface area contributed by atoms with Crippen LogP contribution in [-0.2, 0) is 9.59 Å². The standard InChI is InChI=1S/C20H18N2O4S2/c1-12(23)21-14-4-6-15(7-5-14)22-19(24)18(28-20(22)27)11-13-10-16(25-2)8-9-17(13)26-3/h4-11H,1-3H3,(H,21,23). The SMILES string of the molecule is COc1ccc(OC)c(C=C2SC(=S)N(c3ccc(NC(C)=O)cc3)C2=O)c1. The normalized spacial score (nSPS) is 15.1. The number of methoxy groups -OCH3 is 2. The minimum absolute atomic E-state index is 0.159. The highest BCUT2D eigenvalue weighted by Gasteiger charge is 2.33. The summed E-state index contributed by atoms with van der Waals surface area (Å²) in [6.07, 6.45) is 1.74. The van der Waals surface area contributed by atoms with Crippen LogP contribution in [0.5, 0.6) is 11.5 Å². The van der Waals surface area contributed by atoms with Crippen LogP contribution in [0.3, 0.4) is 0 Å². The number of anilines is 2. The minimum atomic E-state index is -0.216. The summed E-state index contributed by atoms with van der Waals surface area (Å²) in [7, 11) is 3.15. The third-order valence-corrected chi connectivity index (χ3v) is 5.27. The summed E-state index contributed by atoms with van der Waals surface area (Å²) in [4.78, 5) is 26.0. The van der Waals surface area contributed by atoms with Crippen molar-refractivity contribution in [2.24, 2.45) is 0 Å². The second-order valence-electron chi connectivity index (χ2n) is 5.85. The van der Waals surface area contributed by atoms with Gasteiger partial charge in [0.05, 0.1) is 24.8 Å². The van der Waals surface area contributed by atoms with Crippen LogP contribution in [0.1, 0.15) is 12.5 Å². The fourth-order valence-corrected chi connectivity index (χ4v) is 3.97. The number of thioether (sulfide) groups is 1. The Morgan fingerprint density at radius 3 is 2.46 bits per heavy atom. The number of carbonyl (C=O) groups excluding carboxylic acids is 2. The third-order valence-electron chi connectivity index (χ3n) is 3.96. The van der Waals surface area contributed by atoms with Crippen molar-refractivity contribution in [2.45, 2.75) is 6.92 Å². The quantitative estimate of drug-likeness (QED) is 0.588. The Labute approximate surface area is 172 Å². The minimum Gasteiger partial charge on any atom is -0.497 e. The first-order valence-corrected chi connectivity index (χ1v) is 9.53. The number of nitrogens with one attached hydrogen (secondary N) is 1. The molecule has 1 aliphatic rings. The van der Waals surface area contributed by atoms with Gasteiger partial charge in [0, 0.05) is 18.2 Å². The molecule has 0 aromatic heterocycles. The van der Waals surface area contributed by atoms with E-state index in [9.17, 15) is 9.59 Å². The molecule has 2 aromatic carbocycles. The Kier molecular flexibility index (Phi) is 6.01. The van der Waals surface area contributed by atoms with Gasteiger partial charge in [0.1, 0.15) is 11.5 Å². The number of nitrogens with zero attached hydrogens (tertiary/aromatic N) is 1. The lowest BCUT2D eigenvalue weighted by Gasteiger charge is -2.15. The second kappa shape index (κ2) is 8.45. The maximum atomic E-state index is 12.9. The molecule has 0 bridgehead atoms. The van der Waals surface area contributed by atoms with Gasteiger partial charge in [-0.25, -0.2) is 0 Å². The molecule has 8 heteroatoms. The van der Waals surface area contributed by atoms with E-state index >= 15 is 0 Å². The maximum Gasteiger partial charge on any atom is 0.270 e. The van der Waals surface area contributed by atoms with Gasteiger partial charge >= 0.3 is 0 Å². The summed E-state index contributed by atoms with van der Waals surface area (Å²) in [6, 6.07) is 12.3. The molecule has 2 amide bonds. The first kappa shape index (κ1) is 19.9. The summed E-state index contributed by atoms with van der Waals surface area (Å²) in [6.45, 7) is 1.44. The van der Waals surface area contributed by atoms with Crippen molar-refractivity contribution in [1.82, 2.24) is 0 Å². The molecule has 1 heterocycles. The van der Waals surface area contributed by atoms with Crippen molar-refractivity contribution in [1.29, 1.82) is 0 Å². The average Bonchev–Trinajstić information content (AvgIpc) is 2.95. The van der Waals surface area contributed by atoms with Gasteiger partial charge in [-0.1, -0.05) is 24.0 Å². The predicted octanol–water partition coefficient (Wildman–Crippen LogP) is 4.07. The van der Waals surface area contributed by atoms with E-state index in [1.54, 1.807) is 62.8 Å². The molecule has 0 saturated carbocycles. The van der Waals surface area contributed by atoms with Gasteiger partial charge in [0.2, 0.25) is 5.91 Å². The fraction of sp³-hybridized carbons (Fsp3) is 0.150. The molecule has 28 heavy (non-hydrogen) atoms. The zero-order chi connectivity index (χ0) is 20.3. The second-order valence-corrected chi connectivity index (χ2v) is 7.53. The molecule has 0 aliphatic carbocycles. The summed E-state index contributed by atoms with van der Waals surface area (Å²) < 4.78 is 11.1. The Hall–Kier alpha value is -2.84. The topological polar surface area (TPSA) is 67.9 Å². The Balaban J connectivity index is 1.90. The zero-order valence-corrected chi connectivity index (χ0v) is 17.1. The molecule has 0 unspecified atom stereocenters. The molecule has 144 valence electrons. The highest BCUT2D eigenvalue weighted by molar-refractivity contribution is 8.27. The van der Waals surface area contributed by atoms with Crippen molar-refractivity contribution in [3.63, 3.8) is 0 Å². The average molecular weight is 415 g/mol. The number of ether oxygens (including phenoxy) is 2. The number of hydrogen-bond acceptors (Lipinski definition) is 6. The van der Waals surface area contributed by atoms with Gasteiger partial charge in [-0.2, -0.15) is 0 Å². The van der Waals surface area contributed by atoms with E-state index in [1.807, 2.05) is 0 Å². The summed E-state index contributed by atoms with van der Waals surface area (Å²) in [5.41, 5.74) is 2.01. The molecule has 0 atom stereocenters. The number of carbonyl (C=O) groups is 2. The van der Waals surface area contributed by atoms with E-state index in [1.165, 1.54) is 23.6 Å². The number of rotatable bonds is 5. The van der Waals surface area contributed by atoms with E-state index in [4.69, 9.17) is 21.7 Å². The molecule has 3 rings (SSSR count). The van der Waals surface area contributed by atoms with Crippen LogP contribution < -0.4 is 19.7 Å². The van der Waals surface area contributed by atoms with E-state index in [0.717, 1.165) is 5.56 Å². The summed E-state index contributed by atoms with van der Waals surface area (Å²) in [5, 5.41) is 2.69. The predicted molar refractivity (Wildman–Crippen MR) is 116 cm³/mol. The molecule has 0 spiro atoms. The van der Waals surface area contributed by atoms with E-state index in [2.05, 4.69) is 5.32 Å². The lowest BCUT2D eigenvalue weighted by molar-refractivity contribution is -0.114. The monoisotopic (exact) mass is 414 g/mol. The molecular weight excluding hydrogens is 396 g/mol. The van der Waals surface area contributed by atoms with Crippen LogP contribution in [-0.4, -0.2) is 30.4 Å². The molecule has 1 saturated heterocycles. The lowest BCUT2D eigenvalue weighted by atomic mass is 10.1. The molecule has 1 fully saturated rings. The lowest BCUT2D eigenvalue weighted by Crippen LogP contribution is -2.27. The van der Waals surface area contributed by atoms with Gasteiger partial charge in [-0.05, 0) is 48.5 Å². The number of amides is 2. The number of thiocarbonyl (C=S) groups is 1. The maximum absolute atomic E-state index is 12.9. The van der Waals surface area contributed by atoms with Crippen LogP contribution in [0.4, 0.5) is 11.4 Å². The van der Waals surface area contributed by atoms with Crippen LogP contribution in [0.25, 0.3) is 6.08 Å². The zero-order valence-electron chi connectivity index (χ0n) is 15.5. The highest BCUT2D eigenvalue weighted by Crippen LogP contribution is 2.38. The van der Waals surface area contributed by atoms with E-state index in [-0.39, 0.29) is 11.8 Å². The van der Waals surface area contributed by atoms with Crippen LogP contribution in [0.2, 0.25) is 0 Å².